The molecule has 1 amide bonds. The van der Waals surface area contributed by atoms with E-state index in [0.717, 1.165) is 18.5 Å². The van der Waals surface area contributed by atoms with E-state index in [0.29, 0.717) is 30.8 Å². The number of benzene rings is 1. The molecule has 3 heterocycles. The van der Waals surface area contributed by atoms with Crippen molar-refractivity contribution in [1.29, 1.82) is 0 Å². The highest BCUT2D eigenvalue weighted by Crippen LogP contribution is 2.35. The standard InChI is InChI=1S/C21H26N2O3S2/c1-15-3-5-18(6-4-15)28(25,26)22-11-7-17(8-12-22)21(24)23-13-9-20-19(16(23)2)10-14-27-20/h3-6,10,14,16-17H,7-9,11-13H2,1-2H3/t16-/m0/s1. The zero-order chi connectivity index (χ0) is 19.9. The molecule has 1 aromatic heterocycles. The van der Waals surface area contributed by atoms with Crippen molar-refractivity contribution in [3.8, 4) is 0 Å². The SMILES string of the molecule is Cc1ccc(S(=O)(=O)N2CCC(C(=O)N3CCc4sccc4[C@@H]3C)CC2)cc1. The second kappa shape index (κ2) is 7.61. The van der Waals surface area contributed by atoms with Crippen LogP contribution in [0.1, 0.15) is 41.8 Å². The zero-order valence-electron chi connectivity index (χ0n) is 16.3. The lowest BCUT2D eigenvalue weighted by Gasteiger charge is -2.38. The first-order valence-corrected chi connectivity index (χ1v) is 12.1. The van der Waals surface area contributed by atoms with E-state index in [-0.39, 0.29) is 17.9 Å². The quantitative estimate of drug-likeness (QED) is 0.765. The van der Waals surface area contributed by atoms with E-state index in [1.165, 1.54) is 14.7 Å². The van der Waals surface area contributed by atoms with Gasteiger partial charge in [0.25, 0.3) is 0 Å². The average Bonchev–Trinajstić information content (AvgIpc) is 3.18. The third-order valence-electron chi connectivity index (χ3n) is 6.02. The number of hydrogen-bond acceptors (Lipinski definition) is 4. The molecule has 28 heavy (non-hydrogen) atoms. The van der Waals surface area contributed by atoms with Crippen LogP contribution < -0.4 is 0 Å². The van der Waals surface area contributed by atoms with Gasteiger partial charge >= 0.3 is 0 Å². The third kappa shape index (κ3) is 3.51. The second-order valence-electron chi connectivity index (χ2n) is 7.75. The van der Waals surface area contributed by atoms with Crippen LogP contribution in [-0.4, -0.2) is 43.2 Å². The van der Waals surface area contributed by atoms with Crippen LogP contribution >= 0.6 is 11.3 Å². The topological polar surface area (TPSA) is 57.7 Å². The number of carbonyl (C=O) groups excluding carboxylic acids is 1. The van der Waals surface area contributed by atoms with Gasteiger partial charge in [0.05, 0.1) is 10.9 Å². The van der Waals surface area contributed by atoms with Gasteiger partial charge in [-0.1, -0.05) is 17.7 Å². The van der Waals surface area contributed by atoms with Crippen LogP contribution in [0.15, 0.2) is 40.6 Å². The molecule has 0 aliphatic carbocycles. The first kappa shape index (κ1) is 19.6. The number of fused-ring (bicyclic) bond motifs is 1. The number of hydrogen-bond donors (Lipinski definition) is 0. The molecule has 150 valence electrons. The predicted octanol–water partition coefficient (Wildman–Crippen LogP) is 3.60. The first-order chi connectivity index (χ1) is 13.4. The molecule has 7 heteroatoms. The van der Waals surface area contributed by atoms with E-state index in [9.17, 15) is 13.2 Å². The smallest absolute Gasteiger partial charge is 0.243 e. The van der Waals surface area contributed by atoms with Crippen molar-refractivity contribution in [3.05, 3.63) is 51.7 Å². The molecule has 4 rings (SSSR count). The lowest BCUT2D eigenvalue weighted by molar-refractivity contribution is -0.139. The van der Waals surface area contributed by atoms with Crippen molar-refractivity contribution in [1.82, 2.24) is 9.21 Å². The maximum Gasteiger partial charge on any atom is 0.243 e. The Hall–Kier alpha value is -1.70. The van der Waals surface area contributed by atoms with Crippen LogP contribution in [-0.2, 0) is 21.2 Å². The predicted molar refractivity (Wildman–Crippen MR) is 111 cm³/mol. The molecule has 1 fully saturated rings. The minimum absolute atomic E-state index is 0.0906. The van der Waals surface area contributed by atoms with Crippen LogP contribution in [0.25, 0.3) is 0 Å². The van der Waals surface area contributed by atoms with Gasteiger partial charge in [0.1, 0.15) is 0 Å². The number of sulfonamides is 1. The number of nitrogens with zero attached hydrogens (tertiary/aromatic N) is 2. The van der Waals surface area contributed by atoms with Crippen LogP contribution in [0.4, 0.5) is 0 Å². The van der Waals surface area contributed by atoms with Crippen LogP contribution in [0.5, 0.6) is 0 Å². The Morgan fingerprint density at radius 2 is 1.75 bits per heavy atom. The molecule has 5 nitrogen and oxygen atoms in total. The second-order valence-corrected chi connectivity index (χ2v) is 10.7. The largest absolute Gasteiger partial charge is 0.335 e. The van der Waals surface area contributed by atoms with Gasteiger partial charge in [-0.15, -0.1) is 11.3 Å². The number of aryl methyl sites for hydroxylation is 1. The highest BCUT2D eigenvalue weighted by Gasteiger charge is 2.36. The number of rotatable bonds is 3. The summed E-state index contributed by atoms with van der Waals surface area (Å²) >= 11 is 1.77. The summed E-state index contributed by atoms with van der Waals surface area (Å²) in [5.74, 6) is 0.0869. The highest BCUT2D eigenvalue weighted by atomic mass is 32.2. The van der Waals surface area contributed by atoms with Gasteiger partial charge in [-0.2, -0.15) is 4.31 Å². The number of thiophene rings is 1. The molecule has 0 N–H and O–H groups in total. The lowest BCUT2D eigenvalue weighted by Crippen LogP contribution is -2.46. The molecular formula is C21H26N2O3S2. The Morgan fingerprint density at radius 1 is 1.07 bits per heavy atom. The van der Waals surface area contributed by atoms with Gasteiger partial charge < -0.3 is 4.90 Å². The fourth-order valence-corrected chi connectivity index (χ4v) is 6.68. The van der Waals surface area contributed by atoms with Crippen LogP contribution in [0.3, 0.4) is 0 Å². The minimum atomic E-state index is -3.49. The molecule has 2 aliphatic rings. The maximum atomic E-state index is 13.1. The Kier molecular flexibility index (Phi) is 5.33. The van der Waals surface area contributed by atoms with Gasteiger partial charge in [-0.25, -0.2) is 8.42 Å². The van der Waals surface area contributed by atoms with Crippen molar-refractivity contribution in [2.24, 2.45) is 5.92 Å². The molecule has 0 unspecified atom stereocenters. The zero-order valence-corrected chi connectivity index (χ0v) is 17.9. The van der Waals surface area contributed by atoms with E-state index in [2.05, 4.69) is 18.4 Å². The maximum absolute atomic E-state index is 13.1. The van der Waals surface area contributed by atoms with Crippen LogP contribution in [0.2, 0.25) is 0 Å². The van der Waals surface area contributed by atoms with Crippen molar-refractivity contribution >= 4 is 27.3 Å². The fraction of sp³-hybridized carbons (Fsp3) is 0.476. The molecule has 2 aromatic rings. The molecule has 0 spiro atoms. The van der Waals surface area contributed by atoms with Crippen molar-refractivity contribution < 1.29 is 13.2 Å². The summed E-state index contributed by atoms with van der Waals surface area (Å²) in [6, 6.07) is 9.20. The van der Waals surface area contributed by atoms with E-state index in [1.54, 1.807) is 23.5 Å². The lowest BCUT2D eigenvalue weighted by atomic mass is 9.93. The Bertz CT molecular complexity index is 958. The Morgan fingerprint density at radius 3 is 2.43 bits per heavy atom. The first-order valence-electron chi connectivity index (χ1n) is 9.81. The molecule has 1 atom stereocenters. The fourth-order valence-electron chi connectivity index (χ4n) is 4.25. The summed E-state index contributed by atoms with van der Waals surface area (Å²) in [6.07, 6.45) is 2.09. The Balaban J connectivity index is 1.41. The summed E-state index contributed by atoms with van der Waals surface area (Å²) in [6.45, 7) is 5.60. The summed E-state index contributed by atoms with van der Waals surface area (Å²) in [4.78, 5) is 16.8. The van der Waals surface area contributed by atoms with Gasteiger partial charge in [-0.3, -0.25) is 4.79 Å². The summed E-state index contributed by atoms with van der Waals surface area (Å²) in [5.41, 5.74) is 2.30. The summed E-state index contributed by atoms with van der Waals surface area (Å²) in [7, 11) is -3.49. The number of amides is 1. The van der Waals surface area contributed by atoms with Gasteiger partial charge in [-0.05, 0) is 62.3 Å². The van der Waals surface area contributed by atoms with E-state index in [4.69, 9.17) is 0 Å². The number of piperidine rings is 1. The molecule has 0 radical (unpaired) electrons. The molecule has 1 saturated heterocycles. The normalized spacial score (nSPS) is 21.5. The van der Waals surface area contributed by atoms with Crippen molar-refractivity contribution in [2.75, 3.05) is 19.6 Å². The van der Waals surface area contributed by atoms with E-state index in [1.807, 2.05) is 24.0 Å². The summed E-state index contributed by atoms with van der Waals surface area (Å²) in [5, 5.41) is 2.10. The van der Waals surface area contributed by atoms with Crippen molar-refractivity contribution in [3.63, 3.8) is 0 Å². The molecule has 0 bridgehead atoms. The third-order valence-corrected chi connectivity index (χ3v) is 8.93. The monoisotopic (exact) mass is 418 g/mol. The van der Waals surface area contributed by atoms with E-state index >= 15 is 0 Å². The average molecular weight is 419 g/mol. The molecule has 0 saturated carbocycles. The Labute approximate surface area is 171 Å². The molecule has 2 aliphatic heterocycles. The summed E-state index contributed by atoms with van der Waals surface area (Å²) < 4.78 is 27.3. The highest BCUT2D eigenvalue weighted by molar-refractivity contribution is 7.89. The molecule has 1 aromatic carbocycles. The van der Waals surface area contributed by atoms with Crippen LogP contribution in [0, 0.1) is 12.8 Å². The van der Waals surface area contributed by atoms with Gasteiger partial charge in [0.15, 0.2) is 0 Å². The van der Waals surface area contributed by atoms with Gasteiger partial charge in [0.2, 0.25) is 15.9 Å². The van der Waals surface area contributed by atoms with E-state index < -0.39 is 10.0 Å². The van der Waals surface area contributed by atoms with Crippen molar-refractivity contribution in [2.45, 2.75) is 44.0 Å². The number of carbonyl (C=O) groups is 1. The molecular weight excluding hydrogens is 392 g/mol. The minimum Gasteiger partial charge on any atom is -0.335 e. The van der Waals surface area contributed by atoms with Gasteiger partial charge in [0, 0.05) is 30.4 Å².